The Bertz CT molecular complexity index is 1100. The Labute approximate surface area is 209 Å². The number of carboxylic acid groups (broad SMARTS) is 1. The van der Waals surface area contributed by atoms with Crippen molar-refractivity contribution in [1.29, 1.82) is 0 Å². The van der Waals surface area contributed by atoms with Crippen molar-refractivity contribution >= 4 is 12.4 Å². The van der Waals surface area contributed by atoms with Crippen molar-refractivity contribution in [2.45, 2.75) is 69.4 Å². The third kappa shape index (κ3) is 5.02. The van der Waals surface area contributed by atoms with Gasteiger partial charge in [-0.3, -0.25) is 9.59 Å². The SMILES string of the molecule is O=C(CNC12CC3CC(C1)CC(OCc1ccc(F)cc1F)(C3)C2)N1Cc2ccccc2C1.O=CO. The van der Waals surface area contributed by atoms with Crippen LogP contribution >= 0.6 is 0 Å². The van der Waals surface area contributed by atoms with Crippen LogP contribution in [-0.4, -0.2) is 40.1 Å². The number of amides is 1. The highest BCUT2D eigenvalue weighted by Gasteiger charge is 2.58. The fourth-order valence-corrected chi connectivity index (χ4v) is 7.31. The molecular formula is C28H32F2N2O4. The molecule has 1 heterocycles. The van der Waals surface area contributed by atoms with Crippen molar-refractivity contribution in [1.82, 2.24) is 10.2 Å². The summed E-state index contributed by atoms with van der Waals surface area (Å²) in [6, 6.07) is 11.9. The minimum Gasteiger partial charge on any atom is -0.483 e. The molecule has 1 amide bonds. The van der Waals surface area contributed by atoms with Gasteiger partial charge in [-0.1, -0.05) is 30.3 Å². The molecule has 192 valence electrons. The molecule has 6 nitrogen and oxygen atoms in total. The Morgan fingerprint density at radius 1 is 1.08 bits per heavy atom. The topological polar surface area (TPSA) is 78.9 Å². The first-order chi connectivity index (χ1) is 17.3. The zero-order valence-electron chi connectivity index (χ0n) is 20.2. The van der Waals surface area contributed by atoms with E-state index in [0.29, 0.717) is 37.0 Å². The van der Waals surface area contributed by atoms with Gasteiger partial charge in [0.15, 0.2) is 0 Å². The van der Waals surface area contributed by atoms with Gasteiger partial charge >= 0.3 is 0 Å². The van der Waals surface area contributed by atoms with Gasteiger partial charge in [0, 0.05) is 30.3 Å². The third-order valence-electron chi connectivity index (χ3n) is 8.36. The first-order valence-corrected chi connectivity index (χ1v) is 12.6. The van der Waals surface area contributed by atoms with Gasteiger partial charge in [-0.2, -0.15) is 0 Å². The molecule has 2 unspecified atom stereocenters. The molecule has 7 rings (SSSR count). The van der Waals surface area contributed by atoms with Gasteiger partial charge in [0.1, 0.15) is 11.6 Å². The van der Waals surface area contributed by atoms with Crippen molar-refractivity contribution in [3.8, 4) is 0 Å². The number of fused-ring (bicyclic) bond motifs is 1. The van der Waals surface area contributed by atoms with E-state index in [1.807, 2.05) is 17.0 Å². The van der Waals surface area contributed by atoms with Gasteiger partial charge in [-0.15, -0.1) is 0 Å². The highest BCUT2D eigenvalue weighted by molar-refractivity contribution is 5.79. The molecule has 8 heteroatoms. The summed E-state index contributed by atoms with van der Waals surface area (Å²) in [7, 11) is 0. The monoisotopic (exact) mass is 498 g/mol. The van der Waals surface area contributed by atoms with E-state index in [1.54, 1.807) is 0 Å². The molecule has 2 aromatic carbocycles. The van der Waals surface area contributed by atoms with Gasteiger partial charge in [0.05, 0.1) is 18.8 Å². The highest BCUT2D eigenvalue weighted by Crippen LogP contribution is 2.59. The maximum absolute atomic E-state index is 14.2. The Hall–Kier alpha value is -2.84. The van der Waals surface area contributed by atoms with E-state index in [2.05, 4.69) is 17.4 Å². The molecule has 4 fully saturated rings. The molecule has 4 saturated carbocycles. The average molecular weight is 499 g/mol. The smallest absolute Gasteiger partial charge is 0.290 e. The van der Waals surface area contributed by atoms with Crippen LogP contribution in [0.15, 0.2) is 42.5 Å². The summed E-state index contributed by atoms with van der Waals surface area (Å²) >= 11 is 0. The lowest BCUT2D eigenvalue weighted by Gasteiger charge is -2.62. The number of nitrogens with zero attached hydrogens (tertiary/aromatic N) is 1. The molecular weight excluding hydrogens is 466 g/mol. The second-order valence-electron chi connectivity index (χ2n) is 10.9. The minimum absolute atomic E-state index is 0.0896. The van der Waals surface area contributed by atoms with E-state index >= 15 is 0 Å². The second kappa shape index (κ2) is 9.90. The molecule has 0 saturated heterocycles. The molecule has 4 bridgehead atoms. The van der Waals surface area contributed by atoms with Crippen LogP contribution in [0.1, 0.15) is 55.2 Å². The molecule has 0 aromatic heterocycles. The fourth-order valence-electron chi connectivity index (χ4n) is 7.31. The summed E-state index contributed by atoms with van der Waals surface area (Å²) in [5, 5.41) is 10.6. The van der Waals surface area contributed by atoms with Gasteiger partial charge in [-0.25, -0.2) is 8.78 Å². The van der Waals surface area contributed by atoms with Crippen molar-refractivity contribution in [3.05, 3.63) is 70.8 Å². The summed E-state index contributed by atoms with van der Waals surface area (Å²) < 4.78 is 33.9. The summed E-state index contributed by atoms with van der Waals surface area (Å²) in [6.45, 7) is 1.62. The number of halogens is 2. The van der Waals surface area contributed by atoms with Gasteiger partial charge < -0.3 is 20.1 Å². The molecule has 36 heavy (non-hydrogen) atoms. The summed E-state index contributed by atoms with van der Waals surface area (Å²) in [4.78, 5) is 23.3. The Kier molecular flexibility index (Phi) is 6.83. The predicted octanol–water partition coefficient (Wildman–Crippen LogP) is 4.41. The molecule has 2 N–H and O–H groups in total. The Morgan fingerprint density at radius 3 is 2.33 bits per heavy atom. The molecule has 0 radical (unpaired) electrons. The van der Waals surface area contributed by atoms with E-state index in [9.17, 15) is 13.6 Å². The van der Waals surface area contributed by atoms with E-state index in [0.717, 1.165) is 38.2 Å². The van der Waals surface area contributed by atoms with Gasteiger partial charge in [-0.05, 0) is 67.6 Å². The Morgan fingerprint density at radius 2 is 1.72 bits per heavy atom. The van der Waals surface area contributed by atoms with Crippen LogP contribution in [0.5, 0.6) is 0 Å². The maximum Gasteiger partial charge on any atom is 0.290 e. The average Bonchev–Trinajstić information content (AvgIpc) is 3.26. The predicted molar refractivity (Wildman–Crippen MR) is 129 cm³/mol. The number of carbonyl (C=O) groups is 2. The van der Waals surface area contributed by atoms with Gasteiger partial charge in [0.25, 0.3) is 6.47 Å². The van der Waals surface area contributed by atoms with Crippen molar-refractivity contribution in [3.63, 3.8) is 0 Å². The molecule has 5 aliphatic rings. The minimum atomic E-state index is -0.569. The number of hydrogen-bond acceptors (Lipinski definition) is 4. The lowest BCUT2D eigenvalue weighted by atomic mass is 9.51. The lowest BCUT2D eigenvalue weighted by molar-refractivity contribution is -0.182. The van der Waals surface area contributed by atoms with E-state index in [4.69, 9.17) is 14.6 Å². The van der Waals surface area contributed by atoms with E-state index in [1.165, 1.54) is 29.7 Å². The second-order valence-corrected chi connectivity index (χ2v) is 10.9. The van der Waals surface area contributed by atoms with Crippen molar-refractivity contribution in [2.75, 3.05) is 6.54 Å². The quantitative estimate of drug-likeness (QED) is 0.577. The number of carbonyl (C=O) groups excluding carboxylic acids is 1. The normalized spacial score (nSPS) is 29.4. The van der Waals surface area contributed by atoms with Crippen LogP contribution in [0.2, 0.25) is 0 Å². The number of nitrogens with one attached hydrogen (secondary N) is 1. The standard InChI is InChI=1S/C27H30F2N2O2.CH2O2/c28-23-6-5-22(24(29)8-23)16-33-27-11-18-7-19(12-27)10-26(9-18,17-27)30-13-25(32)31-14-20-3-1-2-4-21(20)15-31;2-1-3/h1-6,8,18-19,30H,7,9-17H2;1H,(H,2,3). The lowest BCUT2D eigenvalue weighted by Crippen LogP contribution is -2.66. The van der Waals surface area contributed by atoms with Gasteiger partial charge in [0.2, 0.25) is 5.91 Å². The van der Waals surface area contributed by atoms with Crippen LogP contribution in [0, 0.1) is 23.5 Å². The van der Waals surface area contributed by atoms with Crippen molar-refractivity contribution < 1.29 is 28.2 Å². The number of hydrogen-bond donors (Lipinski definition) is 2. The molecule has 2 atom stereocenters. The van der Waals surface area contributed by atoms with Crippen LogP contribution in [-0.2, 0) is 34.0 Å². The number of ether oxygens (including phenoxy) is 1. The van der Waals surface area contributed by atoms with Crippen molar-refractivity contribution in [2.24, 2.45) is 11.8 Å². The molecule has 0 spiro atoms. The van der Waals surface area contributed by atoms with Crippen LogP contribution in [0.4, 0.5) is 8.78 Å². The van der Waals surface area contributed by atoms with Crippen LogP contribution in [0.3, 0.4) is 0 Å². The summed E-state index contributed by atoms with van der Waals surface area (Å²) in [5.74, 6) is 0.168. The van der Waals surface area contributed by atoms with Crippen LogP contribution in [0.25, 0.3) is 0 Å². The van der Waals surface area contributed by atoms with E-state index in [-0.39, 0.29) is 30.1 Å². The third-order valence-corrected chi connectivity index (χ3v) is 8.36. The molecule has 4 aliphatic carbocycles. The number of benzene rings is 2. The first kappa shape index (κ1) is 24.8. The Balaban J connectivity index is 0.000000848. The summed E-state index contributed by atoms with van der Waals surface area (Å²) in [5.41, 5.74) is 2.50. The zero-order chi connectivity index (χ0) is 25.3. The molecule has 1 aliphatic heterocycles. The maximum atomic E-state index is 14.2. The largest absolute Gasteiger partial charge is 0.483 e. The molecule has 2 aromatic rings. The fraction of sp³-hybridized carbons (Fsp3) is 0.500. The zero-order valence-corrected chi connectivity index (χ0v) is 20.2. The van der Waals surface area contributed by atoms with Crippen LogP contribution < -0.4 is 5.32 Å². The highest BCUT2D eigenvalue weighted by atomic mass is 19.1. The summed E-state index contributed by atoms with van der Waals surface area (Å²) in [6.07, 6.45) is 6.20. The van der Waals surface area contributed by atoms with E-state index < -0.39 is 11.6 Å². The number of rotatable bonds is 6. The first-order valence-electron chi connectivity index (χ1n) is 12.6.